The molecule has 0 N–H and O–H groups in total. The molecule has 2 aliphatic rings. The Morgan fingerprint density at radius 3 is 2.46 bits per heavy atom. The maximum Gasteiger partial charge on any atom is 0.314 e. The maximum absolute atomic E-state index is 13.7. The van der Waals surface area contributed by atoms with Gasteiger partial charge in [-0.15, -0.1) is 0 Å². The molecule has 2 aromatic rings. The van der Waals surface area contributed by atoms with Crippen molar-refractivity contribution in [3.05, 3.63) is 60.2 Å². The topological polar surface area (TPSA) is 46.6 Å². The van der Waals surface area contributed by atoms with Crippen molar-refractivity contribution in [3.63, 3.8) is 0 Å². The number of esters is 1. The van der Waals surface area contributed by atoms with E-state index in [1.165, 1.54) is 0 Å². The maximum atomic E-state index is 13.7. The van der Waals surface area contributed by atoms with Crippen molar-refractivity contribution in [2.75, 3.05) is 6.61 Å². The summed E-state index contributed by atoms with van der Waals surface area (Å²) >= 11 is 0. The number of nitrogens with zero attached hydrogens (tertiary/aromatic N) is 1. The van der Waals surface area contributed by atoms with Crippen LogP contribution < -0.4 is 0 Å². The second kappa shape index (κ2) is 7.42. The van der Waals surface area contributed by atoms with Gasteiger partial charge in [0.25, 0.3) is 5.91 Å². The molecule has 28 heavy (non-hydrogen) atoms. The number of hydrogen-bond acceptors (Lipinski definition) is 3. The lowest BCUT2D eigenvalue weighted by Crippen LogP contribution is -2.45. The average Bonchev–Trinajstić information content (AvgIpc) is 3.30. The third kappa shape index (κ3) is 2.83. The fraction of sp³-hybridized carbons (Fsp3) is 0.417. The first kappa shape index (κ1) is 18.7. The van der Waals surface area contributed by atoms with Gasteiger partial charge in [0.1, 0.15) is 0 Å². The van der Waals surface area contributed by atoms with Crippen LogP contribution in [0, 0.1) is 5.41 Å². The molecule has 2 aliphatic heterocycles. The predicted octanol–water partition coefficient (Wildman–Crippen LogP) is 4.69. The van der Waals surface area contributed by atoms with Gasteiger partial charge >= 0.3 is 5.97 Å². The molecule has 0 spiro atoms. The Labute approximate surface area is 166 Å². The highest BCUT2D eigenvalue weighted by Gasteiger charge is 2.61. The van der Waals surface area contributed by atoms with E-state index in [2.05, 4.69) is 0 Å². The molecular weight excluding hydrogens is 350 g/mol. The minimum atomic E-state index is -0.559. The first-order chi connectivity index (χ1) is 13.6. The Morgan fingerprint density at radius 1 is 1.04 bits per heavy atom. The zero-order valence-electron chi connectivity index (χ0n) is 16.6. The fourth-order valence-corrected chi connectivity index (χ4v) is 5.19. The van der Waals surface area contributed by atoms with Crippen LogP contribution in [0.1, 0.15) is 49.9 Å². The van der Waals surface area contributed by atoms with Crippen LogP contribution >= 0.6 is 0 Å². The highest BCUT2D eigenvalue weighted by Crippen LogP contribution is 2.53. The molecule has 0 unspecified atom stereocenters. The predicted molar refractivity (Wildman–Crippen MR) is 109 cm³/mol. The van der Waals surface area contributed by atoms with Gasteiger partial charge in [0, 0.05) is 17.6 Å². The molecule has 3 atom stereocenters. The summed E-state index contributed by atoms with van der Waals surface area (Å²) in [6.45, 7) is 4.26. The van der Waals surface area contributed by atoms with E-state index in [9.17, 15) is 9.59 Å². The number of carbonyl (C=O) groups is 2. The molecule has 2 heterocycles. The minimum absolute atomic E-state index is 0.0339. The quantitative estimate of drug-likeness (QED) is 0.710. The number of amides is 1. The van der Waals surface area contributed by atoms with Gasteiger partial charge in [0.15, 0.2) is 0 Å². The smallest absolute Gasteiger partial charge is 0.314 e. The monoisotopic (exact) mass is 377 g/mol. The van der Waals surface area contributed by atoms with Crippen LogP contribution in [0.5, 0.6) is 0 Å². The molecule has 2 saturated heterocycles. The van der Waals surface area contributed by atoms with Crippen LogP contribution in [-0.2, 0) is 9.53 Å². The molecular formula is C24H27NO3. The van der Waals surface area contributed by atoms with Gasteiger partial charge in [0.05, 0.1) is 12.0 Å². The first-order valence-electron chi connectivity index (χ1n) is 10.3. The molecule has 1 amide bonds. The molecule has 0 aromatic heterocycles. The van der Waals surface area contributed by atoms with Crippen molar-refractivity contribution < 1.29 is 14.3 Å². The van der Waals surface area contributed by atoms with E-state index in [-0.39, 0.29) is 24.0 Å². The highest BCUT2D eigenvalue weighted by atomic mass is 16.5. The van der Waals surface area contributed by atoms with Crippen LogP contribution in [0.25, 0.3) is 11.1 Å². The van der Waals surface area contributed by atoms with E-state index >= 15 is 0 Å². The lowest BCUT2D eigenvalue weighted by molar-refractivity contribution is -0.157. The summed E-state index contributed by atoms with van der Waals surface area (Å²) in [6, 6.07) is 17.8. The summed E-state index contributed by atoms with van der Waals surface area (Å²) in [5, 5.41) is 0. The van der Waals surface area contributed by atoms with Crippen LogP contribution in [0.3, 0.4) is 0 Å². The van der Waals surface area contributed by atoms with Crippen molar-refractivity contribution in [1.29, 1.82) is 0 Å². The third-order valence-electron chi connectivity index (χ3n) is 6.53. The van der Waals surface area contributed by atoms with Gasteiger partial charge in [-0.1, -0.05) is 55.5 Å². The standard InChI is InChI=1S/C24H27NO3/c1-3-24(23(27)28-4-2)16-18-14-15-21(24)25(18)22(26)20-13-9-8-12-19(20)17-10-6-5-7-11-17/h5-13,18,21H,3-4,14-16H2,1-2H3/t18-,21+,24+/m1/s1. The Morgan fingerprint density at radius 2 is 1.75 bits per heavy atom. The number of benzene rings is 2. The minimum Gasteiger partial charge on any atom is -0.466 e. The van der Waals surface area contributed by atoms with Crippen molar-refractivity contribution in [1.82, 2.24) is 4.90 Å². The van der Waals surface area contributed by atoms with E-state index < -0.39 is 5.41 Å². The molecule has 4 nitrogen and oxygen atoms in total. The van der Waals surface area contributed by atoms with Crippen LogP contribution in [-0.4, -0.2) is 35.5 Å². The third-order valence-corrected chi connectivity index (χ3v) is 6.53. The van der Waals surface area contributed by atoms with Gasteiger partial charge in [-0.25, -0.2) is 0 Å². The van der Waals surface area contributed by atoms with Gasteiger partial charge < -0.3 is 9.64 Å². The lowest BCUT2D eigenvalue weighted by atomic mass is 9.72. The van der Waals surface area contributed by atoms with Crippen LogP contribution in [0.2, 0.25) is 0 Å². The number of ether oxygens (including phenoxy) is 1. The molecule has 2 aromatic carbocycles. The Kier molecular flexibility index (Phi) is 4.96. The van der Waals surface area contributed by atoms with Gasteiger partial charge in [-0.3, -0.25) is 9.59 Å². The second-order valence-corrected chi connectivity index (χ2v) is 7.81. The van der Waals surface area contributed by atoms with Gasteiger partial charge in [-0.2, -0.15) is 0 Å². The summed E-state index contributed by atoms with van der Waals surface area (Å²) < 4.78 is 5.42. The molecule has 0 aliphatic carbocycles. The SMILES string of the molecule is CCOC(=O)[C@@]1(CC)C[C@H]2CC[C@@H]1N2C(=O)c1ccccc1-c1ccccc1. The molecule has 2 bridgehead atoms. The zero-order chi connectivity index (χ0) is 19.7. The molecule has 4 rings (SSSR count). The average molecular weight is 377 g/mol. The highest BCUT2D eigenvalue weighted by molar-refractivity contribution is 6.02. The Hall–Kier alpha value is -2.62. The Balaban J connectivity index is 1.70. The number of rotatable bonds is 5. The van der Waals surface area contributed by atoms with E-state index in [0.717, 1.165) is 24.0 Å². The summed E-state index contributed by atoms with van der Waals surface area (Å²) in [7, 11) is 0. The van der Waals surface area contributed by atoms with Crippen LogP contribution in [0.4, 0.5) is 0 Å². The van der Waals surface area contributed by atoms with Gasteiger partial charge in [0.2, 0.25) is 0 Å². The van der Waals surface area contributed by atoms with Crippen LogP contribution in [0.15, 0.2) is 54.6 Å². The van der Waals surface area contributed by atoms with Gasteiger partial charge in [-0.05, 0) is 49.8 Å². The normalized spacial score (nSPS) is 25.7. The molecule has 146 valence electrons. The Bertz CT molecular complexity index is 878. The molecule has 0 radical (unpaired) electrons. The van der Waals surface area contributed by atoms with Crippen molar-refractivity contribution in [2.24, 2.45) is 5.41 Å². The van der Waals surface area contributed by atoms with E-state index in [0.29, 0.717) is 25.0 Å². The van der Waals surface area contributed by atoms with Crippen molar-refractivity contribution in [3.8, 4) is 11.1 Å². The second-order valence-electron chi connectivity index (χ2n) is 7.81. The number of carbonyl (C=O) groups excluding carboxylic acids is 2. The largest absolute Gasteiger partial charge is 0.466 e. The van der Waals surface area contributed by atoms with Crippen molar-refractivity contribution in [2.45, 2.75) is 51.6 Å². The molecule has 2 fully saturated rings. The molecule has 4 heteroatoms. The number of fused-ring (bicyclic) bond motifs is 2. The summed E-state index contributed by atoms with van der Waals surface area (Å²) in [5.41, 5.74) is 2.13. The molecule has 0 saturated carbocycles. The summed E-state index contributed by atoms with van der Waals surface area (Å²) in [5.74, 6) is -0.106. The number of hydrogen-bond donors (Lipinski definition) is 0. The zero-order valence-corrected chi connectivity index (χ0v) is 16.6. The lowest BCUT2D eigenvalue weighted by Gasteiger charge is -2.34. The first-order valence-corrected chi connectivity index (χ1v) is 10.3. The van der Waals surface area contributed by atoms with E-state index in [1.807, 2.05) is 73.3 Å². The fourth-order valence-electron chi connectivity index (χ4n) is 5.19. The van der Waals surface area contributed by atoms with E-state index in [1.54, 1.807) is 0 Å². The van der Waals surface area contributed by atoms with E-state index in [4.69, 9.17) is 4.74 Å². The van der Waals surface area contributed by atoms with Crippen molar-refractivity contribution >= 4 is 11.9 Å². The summed E-state index contributed by atoms with van der Waals surface area (Å²) in [4.78, 5) is 28.5. The summed E-state index contributed by atoms with van der Waals surface area (Å²) in [6.07, 6.45) is 3.25.